The van der Waals surface area contributed by atoms with Crippen molar-refractivity contribution in [1.29, 1.82) is 0 Å². The normalized spacial score (nSPS) is 20.5. The molecule has 0 bridgehead atoms. The van der Waals surface area contributed by atoms with Crippen LogP contribution in [0.15, 0.2) is 59.1 Å². The van der Waals surface area contributed by atoms with Gasteiger partial charge in [0.25, 0.3) is 5.91 Å². The number of ether oxygens (including phenoxy) is 1. The van der Waals surface area contributed by atoms with Gasteiger partial charge in [0.05, 0.1) is 0 Å². The summed E-state index contributed by atoms with van der Waals surface area (Å²) in [6, 6.07) is 15.8. The van der Waals surface area contributed by atoms with Gasteiger partial charge in [0.1, 0.15) is 12.1 Å². The van der Waals surface area contributed by atoms with Crippen LogP contribution in [-0.4, -0.2) is 17.9 Å². The lowest BCUT2D eigenvalue weighted by molar-refractivity contribution is -0.143. The van der Waals surface area contributed by atoms with Crippen LogP contribution >= 0.6 is 15.9 Å². The Bertz CT molecular complexity index is 702. The fraction of sp³-hybridized carbons (Fsp3) is 0.176. The van der Waals surface area contributed by atoms with Crippen molar-refractivity contribution in [3.8, 4) is 0 Å². The Morgan fingerprint density at radius 3 is 2.50 bits per heavy atom. The van der Waals surface area contributed by atoms with Crippen LogP contribution in [0.2, 0.25) is 0 Å². The van der Waals surface area contributed by atoms with Gasteiger partial charge in [0.2, 0.25) is 0 Å². The van der Waals surface area contributed by atoms with Gasteiger partial charge in [-0.1, -0.05) is 52.3 Å². The Kier molecular flexibility index (Phi) is 4.24. The molecule has 0 spiro atoms. The van der Waals surface area contributed by atoms with Gasteiger partial charge in [-0.15, -0.1) is 0 Å². The highest BCUT2D eigenvalue weighted by Crippen LogP contribution is 2.34. The van der Waals surface area contributed by atoms with Crippen molar-refractivity contribution in [1.82, 2.24) is 5.32 Å². The lowest BCUT2D eigenvalue weighted by Gasteiger charge is -2.11. The number of nitrogens with one attached hydrogen (secondary N) is 1. The number of hydrogen-bond acceptors (Lipinski definition) is 3. The molecule has 0 saturated carbocycles. The van der Waals surface area contributed by atoms with Crippen LogP contribution < -0.4 is 5.32 Å². The highest BCUT2D eigenvalue weighted by molar-refractivity contribution is 9.10. The van der Waals surface area contributed by atoms with E-state index < -0.39 is 12.0 Å². The molecule has 3 rings (SSSR count). The van der Waals surface area contributed by atoms with Crippen molar-refractivity contribution >= 4 is 27.8 Å². The third-order valence-corrected chi connectivity index (χ3v) is 4.31. The van der Waals surface area contributed by atoms with Gasteiger partial charge >= 0.3 is 5.97 Å². The second kappa shape index (κ2) is 6.32. The Hall–Kier alpha value is -2.14. The van der Waals surface area contributed by atoms with Crippen LogP contribution in [0.5, 0.6) is 0 Å². The van der Waals surface area contributed by atoms with Gasteiger partial charge in [0, 0.05) is 22.0 Å². The number of hydrogen-bond donors (Lipinski definition) is 1. The third-order valence-electron chi connectivity index (χ3n) is 3.59. The number of carbonyl (C=O) groups is 2. The average molecular weight is 360 g/mol. The minimum absolute atomic E-state index is 0.268. The molecule has 22 heavy (non-hydrogen) atoms. The minimum atomic E-state index is -0.621. The molecule has 0 unspecified atom stereocenters. The maximum absolute atomic E-state index is 12.1. The Morgan fingerprint density at radius 1 is 1.09 bits per heavy atom. The van der Waals surface area contributed by atoms with E-state index in [1.807, 2.05) is 30.3 Å². The SMILES string of the molecule is O=C(N[C@H]1C[C@@H](c2ccccc2Br)OC1=O)c1ccccc1. The molecular weight excluding hydrogens is 346 g/mol. The number of amides is 1. The van der Waals surface area contributed by atoms with Crippen molar-refractivity contribution in [2.75, 3.05) is 0 Å². The zero-order valence-corrected chi connectivity index (χ0v) is 13.2. The predicted octanol–water partition coefficient (Wildman–Crippen LogP) is 3.24. The van der Waals surface area contributed by atoms with Crippen molar-refractivity contribution < 1.29 is 14.3 Å². The standard InChI is InChI=1S/C17H14BrNO3/c18-13-9-5-4-8-12(13)15-10-14(17(21)22-15)19-16(20)11-6-2-1-3-7-11/h1-9,14-15H,10H2,(H,19,20)/t14-,15-/m0/s1. The van der Waals surface area contributed by atoms with Gasteiger partial charge in [-0.2, -0.15) is 0 Å². The van der Waals surface area contributed by atoms with E-state index >= 15 is 0 Å². The van der Waals surface area contributed by atoms with Gasteiger partial charge in [-0.05, 0) is 18.2 Å². The van der Waals surface area contributed by atoms with Crippen LogP contribution in [0.3, 0.4) is 0 Å². The first-order chi connectivity index (χ1) is 10.6. The van der Waals surface area contributed by atoms with Gasteiger partial charge in [-0.25, -0.2) is 4.79 Å². The summed E-state index contributed by atoms with van der Waals surface area (Å²) in [5, 5.41) is 2.74. The molecule has 0 aliphatic carbocycles. The number of rotatable bonds is 3. The van der Waals surface area contributed by atoms with E-state index in [-0.39, 0.29) is 12.0 Å². The molecule has 2 atom stereocenters. The van der Waals surface area contributed by atoms with Crippen molar-refractivity contribution in [2.24, 2.45) is 0 Å². The van der Waals surface area contributed by atoms with Crippen LogP contribution in [0.4, 0.5) is 0 Å². The number of cyclic esters (lactones) is 1. The fourth-order valence-corrected chi connectivity index (χ4v) is 3.00. The molecule has 1 aliphatic heterocycles. The average Bonchev–Trinajstić information content (AvgIpc) is 2.89. The Morgan fingerprint density at radius 2 is 1.77 bits per heavy atom. The molecule has 2 aromatic carbocycles. The lowest BCUT2D eigenvalue weighted by atomic mass is 10.0. The molecule has 1 saturated heterocycles. The maximum Gasteiger partial charge on any atom is 0.329 e. The predicted molar refractivity (Wildman–Crippen MR) is 85.3 cm³/mol. The first kappa shape index (κ1) is 14.8. The highest BCUT2D eigenvalue weighted by Gasteiger charge is 2.37. The summed E-state index contributed by atoms with van der Waals surface area (Å²) in [4.78, 5) is 24.1. The minimum Gasteiger partial charge on any atom is -0.456 e. The van der Waals surface area contributed by atoms with E-state index in [4.69, 9.17) is 4.74 Å². The fourth-order valence-electron chi connectivity index (χ4n) is 2.46. The smallest absolute Gasteiger partial charge is 0.329 e. The van der Waals surface area contributed by atoms with Crippen LogP contribution in [-0.2, 0) is 9.53 Å². The lowest BCUT2D eigenvalue weighted by Crippen LogP contribution is -2.37. The van der Waals surface area contributed by atoms with E-state index in [9.17, 15) is 9.59 Å². The molecule has 4 nitrogen and oxygen atoms in total. The Labute approximate surface area is 136 Å². The molecular formula is C17H14BrNO3. The van der Waals surface area contributed by atoms with Crippen molar-refractivity contribution in [3.05, 3.63) is 70.2 Å². The molecule has 1 amide bonds. The van der Waals surface area contributed by atoms with Crippen LogP contribution in [0.25, 0.3) is 0 Å². The largest absolute Gasteiger partial charge is 0.456 e. The van der Waals surface area contributed by atoms with Crippen molar-refractivity contribution in [2.45, 2.75) is 18.6 Å². The quantitative estimate of drug-likeness (QED) is 0.855. The number of esters is 1. The second-order valence-corrected chi connectivity index (χ2v) is 5.93. The first-order valence-electron chi connectivity index (χ1n) is 6.96. The summed E-state index contributed by atoms with van der Waals surface area (Å²) in [5.74, 6) is -0.666. The van der Waals surface area contributed by atoms with Crippen LogP contribution in [0, 0.1) is 0 Å². The van der Waals surface area contributed by atoms with Gasteiger partial charge < -0.3 is 10.1 Å². The number of halogens is 1. The summed E-state index contributed by atoms with van der Waals surface area (Å²) < 4.78 is 6.29. The van der Waals surface area contributed by atoms with Crippen LogP contribution in [0.1, 0.15) is 28.4 Å². The monoisotopic (exact) mass is 359 g/mol. The van der Waals surface area contributed by atoms with E-state index in [1.165, 1.54) is 0 Å². The number of benzene rings is 2. The summed E-state index contributed by atoms with van der Waals surface area (Å²) >= 11 is 3.46. The zero-order valence-electron chi connectivity index (χ0n) is 11.7. The molecule has 2 aromatic rings. The van der Waals surface area contributed by atoms with E-state index in [0.717, 1.165) is 10.0 Å². The molecule has 112 valence electrons. The molecule has 1 aliphatic rings. The molecule has 1 fully saturated rings. The van der Waals surface area contributed by atoms with E-state index in [2.05, 4.69) is 21.2 Å². The second-order valence-electron chi connectivity index (χ2n) is 5.07. The summed E-state index contributed by atoms with van der Waals surface area (Å²) in [6.45, 7) is 0. The Balaban J connectivity index is 1.71. The van der Waals surface area contributed by atoms with E-state index in [0.29, 0.717) is 12.0 Å². The maximum atomic E-state index is 12.1. The van der Waals surface area contributed by atoms with E-state index in [1.54, 1.807) is 24.3 Å². The molecule has 1 heterocycles. The summed E-state index contributed by atoms with van der Waals surface area (Å²) in [7, 11) is 0. The highest BCUT2D eigenvalue weighted by atomic mass is 79.9. The molecule has 1 N–H and O–H groups in total. The zero-order chi connectivity index (χ0) is 15.5. The topological polar surface area (TPSA) is 55.4 Å². The van der Waals surface area contributed by atoms with Gasteiger partial charge in [-0.3, -0.25) is 4.79 Å². The number of carbonyl (C=O) groups excluding carboxylic acids is 2. The first-order valence-corrected chi connectivity index (χ1v) is 7.75. The molecule has 5 heteroatoms. The third kappa shape index (κ3) is 3.04. The molecule has 0 radical (unpaired) electrons. The van der Waals surface area contributed by atoms with Gasteiger partial charge in [0.15, 0.2) is 0 Å². The summed E-state index contributed by atoms with van der Waals surface area (Å²) in [6.07, 6.45) is 0.0872. The van der Waals surface area contributed by atoms with Crippen molar-refractivity contribution in [3.63, 3.8) is 0 Å². The molecule has 0 aromatic heterocycles. The summed E-state index contributed by atoms with van der Waals surface area (Å²) in [5.41, 5.74) is 1.44.